The molecule has 1 aliphatic heterocycles. The summed E-state index contributed by atoms with van der Waals surface area (Å²) >= 11 is 0. The second kappa shape index (κ2) is 3.53. The molecule has 0 saturated carbocycles. The Balaban J connectivity index is 2.46. The third-order valence-corrected chi connectivity index (χ3v) is 1.89. The predicted molar refractivity (Wildman–Crippen MR) is 41.2 cm³/mol. The number of rotatable bonds is 1. The Kier molecular flexibility index (Phi) is 2.65. The van der Waals surface area contributed by atoms with Crippen molar-refractivity contribution >= 4 is 11.9 Å². The van der Waals surface area contributed by atoms with E-state index in [0.717, 1.165) is 6.42 Å². The monoisotopic (exact) mass is 172 g/mol. The van der Waals surface area contributed by atoms with Crippen molar-refractivity contribution < 1.29 is 14.3 Å². The van der Waals surface area contributed by atoms with E-state index < -0.39 is 18.0 Å². The van der Waals surface area contributed by atoms with Gasteiger partial charge in [-0.15, -0.1) is 0 Å². The van der Waals surface area contributed by atoms with Crippen molar-refractivity contribution in [1.82, 2.24) is 5.32 Å². The number of carbonyl (C=O) groups is 2. The number of urea groups is 1. The highest BCUT2D eigenvalue weighted by molar-refractivity contribution is 5.96. The molecule has 1 rings (SSSR count). The summed E-state index contributed by atoms with van der Waals surface area (Å²) in [6.45, 7) is 2.47. The van der Waals surface area contributed by atoms with Gasteiger partial charge in [0.1, 0.15) is 6.10 Å². The fourth-order valence-electron chi connectivity index (χ4n) is 1.22. The Bertz CT molecular complexity index is 205. The van der Waals surface area contributed by atoms with E-state index in [-0.39, 0.29) is 5.92 Å². The molecule has 0 aromatic carbocycles. The zero-order valence-corrected chi connectivity index (χ0v) is 6.87. The molecular formula is C7H12N2O3. The third-order valence-electron chi connectivity index (χ3n) is 1.89. The van der Waals surface area contributed by atoms with Crippen molar-refractivity contribution in [2.75, 3.05) is 6.61 Å². The van der Waals surface area contributed by atoms with E-state index in [2.05, 4.69) is 0 Å². The summed E-state index contributed by atoms with van der Waals surface area (Å²) in [6.07, 6.45) is 0.328. The molecule has 0 aromatic heterocycles. The quantitative estimate of drug-likeness (QED) is 0.565. The molecule has 5 nitrogen and oxygen atoms in total. The number of primary amides is 1. The van der Waals surface area contributed by atoms with Crippen LogP contribution in [0.4, 0.5) is 4.79 Å². The standard InChI is InChI=1S/C7H12N2O3/c1-4-2-3-12-5(4)6(10)9-7(8)11/h4-5H,2-3H2,1H3,(H3,8,9,10,11). The average molecular weight is 172 g/mol. The first-order chi connectivity index (χ1) is 5.61. The highest BCUT2D eigenvalue weighted by atomic mass is 16.5. The number of hydrogen-bond donors (Lipinski definition) is 2. The van der Waals surface area contributed by atoms with Crippen LogP contribution in [0.15, 0.2) is 0 Å². The molecular weight excluding hydrogens is 160 g/mol. The van der Waals surface area contributed by atoms with Gasteiger partial charge in [-0.3, -0.25) is 10.1 Å². The van der Waals surface area contributed by atoms with Crippen molar-refractivity contribution in [3.05, 3.63) is 0 Å². The fraction of sp³-hybridized carbons (Fsp3) is 0.714. The predicted octanol–water partition coefficient (Wildman–Crippen LogP) is -0.394. The van der Waals surface area contributed by atoms with Gasteiger partial charge in [-0.1, -0.05) is 6.92 Å². The van der Waals surface area contributed by atoms with E-state index >= 15 is 0 Å². The highest BCUT2D eigenvalue weighted by Gasteiger charge is 2.31. The summed E-state index contributed by atoms with van der Waals surface area (Å²) in [7, 11) is 0. The highest BCUT2D eigenvalue weighted by Crippen LogP contribution is 2.19. The lowest BCUT2D eigenvalue weighted by Gasteiger charge is -2.11. The molecule has 68 valence electrons. The van der Waals surface area contributed by atoms with Crippen LogP contribution in [0.5, 0.6) is 0 Å². The first-order valence-electron chi connectivity index (χ1n) is 3.83. The lowest BCUT2D eigenvalue weighted by atomic mass is 10.0. The van der Waals surface area contributed by atoms with Gasteiger partial charge in [0.05, 0.1) is 0 Å². The molecule has 0 spiro atoms. The molecule has 3 N–H and O–H groups in total. The lowest BCUT2D eigenvalue weighted by Crippen LogP contribution is -2.43. The van der Waals surface area contributed by atoms with Gasteiger partial charge in [-0.25, -0.2) is 4.79 Å². The Morgan fingerprint density at radius 2 is 2.25 bits per heavy atom. The summed E-state index contributed by atoms with van der Waals surface area (Å²) in [5, 5.41) is 1.99. The topological polar surface area (TPSA) is 81.4 Å². The van der Waals surface area contributed by atoms with E-state index in [9.17, 15) is 9.59 Å². The van der Waals surface area contributed by atoms with Crippen LogP contribution in [0.3, 0.4) is 0 Å². The van der Waals surface area contributed by atoms with Crippen LogP contribution in [-0.4, -0.2) is 24.6 Å². The lowest BCUT2D eigenvalue weighted by molar-refractivity contribution is -0.130. The molecule has 0 aliphatic carbocycles. The first kappa shape index (κ1) is 8.99. The SMILES string of the molecule is CC1CCOC1C(=O)NC(N)=O. The number of ether oxygens (including phenoxy) is 1. The van der Waals surface area contributed by atoms with Crippen LogP contribution < -0.4 is 11.1 Å². The number of amides is 3. The van der Waals surface area contributed by atoms with Gasteiger partial charge in [0.15, 0.2) is 0 Å². The van der Waals surface area contributed by atoms with E-state index in [4.69, 9.17) is 10.5 Å². The summed E-state index contributed by atoms with van der Waals surface area (Å²) in [5.41, 5.74) is 4.78. The molecule has 3 amide bonds. The average Bonchev–Trinajstić information content (AvgIpc) is 2.33. The first-order valence-corrected chi connectivity index (χ1v) is 3.83. The van der Waals surface area contributed by atoms with E-state index in [1.165, 1.54) is 0 Å². The zero-order chi connectivity index (χ0) is 9.14. The van der Waals surface area contributed by atoms with Crippen molar-refractivity contribution in [3.8, 4) is 0 Å². The maximum atomic E-state index is 11.1. The molecule has 2 atom stereocenters. The van der Waals surface area contributed by atoms with Gasteiger partial charge >= 0.3 is 6.03 Å². The molecule has 0 aromatic rings. The van der Waals surface area contributed by atoms with Crippen molar-refractivity contribution in [1.29, 1.82) is 0 Å². The molecule has 1 saturated heterocycles. The van der Waals surface area contributed by atoms with Gasteiger partial charge < -0.3 is 10.5 Å². The van der Waals surface area contributed by atoms with Crippen LogP contribution in [0.25, 0.3) is 0 Å². The molecule has 1 heterocycles. The van der Waals surface area contributed by atoms with Crippen LogP contribution in [0.1, 0.15) is 13.3 Å². The molecule has 1 aliphatic rings. The van der Waals surface area contributed by atoms with Crippen molar-refractivity contribution in [3.63, 3.8) is 0 Å². The van der Waals surface area contributed by atoms with Crippen LogP contribution in [0, 0.1) is 5.92 Å². The minimum absolute atomic E-state index is 0.157. The molecule has 0 bridgehead atoms. The second-order valence-corrected chi connectivity index (χ2v) is 2.91. The minimum atomic E-state index is -0.831. The summed E-state index contributed by atoms with van der Waals surface area (Å²) in [5.74, 6) is -0.281. The Morgan fingerprint density at radius 3 is 2.67 bits per heavy atom. The summed E-state index contributed by atoms with van der Waals surface area (Å²) in [6, 6.07) is -0.831. The fourth-order valence-corrected chi connectivity index (χ4v) is 1.22. The largest absolute Gasteiger partial charge is 0.368 e. The van der Waals surface area contributed by atoms with E-state index in [0.29, 0.717) is 6.61 Å². The number of hydrogen-bond acceptors (Lipinski definition) is 3. The summed E-state index contributed by atoms with van der Waals surface area (Å²) in [4.78, 5) is 21.4. The second-order valence-electron chi connectivity index (χ2n) is 2.91. The van der Waals surface area contributed by atoms with E-state index in [1.807, 2.05) is 12.2 Å². The number of carbonyl (C=O) groups excluding carboxylic acids is 2. The number of imide groups is 1. The van der Waals surface area contributed by atoms with Gasteiger partial charge in [0.2, 0.25) is 0 Å². The zero-order valence-electron chi connectivity index (χ0n) is 6.87. The Morgan fingerprint density at radius 1 is 1.58 bits per heavy atom. The molecule has 12 heavy (non-hydrogen) atoms. The van der Waals surface area contributed by atoms with Gasteiger partial charge in [-0.2, -0.15) is 0 Å². The minimum Gasteiger partial charge on any atom is -0.368 e. The van der Waals surface area contributed by atoms with Crippen LogP contribution in [-0.2, 0) is 9.53 Å². The smallest absolute Gasteiger partial charge is 0.318 e. The normalized spacial score (nSPS) is 28.4. The van der Waals surface area contributed by atoms with Crippen molar-refractivity contribution in [2.24, 2.45) is 11.7 Å². The summed E-state index contributed by atoms with van der Waals surface area (Å²) < 4.78 is 5.11. The Labute approximate surface area is 70.2 Å². The number of nitrogens with one attached hydrogen (secondary N) is 1. The van der Waals surface area contributed by atoms with Crippen molar-refractivity contribution in [2.45, 2.75) is 19.4 Å². The maximum Gasteiger partial charge on any atom is 0.318 e. The van der Waals surface area contributed by atoms with Crippen LogP contribution in [0.2, 0.25) is 0 Å². The van der Waals surface area contributed by atoms with Gasteiger partial charge in [0.25, 0.3) is 5.91 Å². The van der Waals surface area contributed by atoms with Gasteiger partial charge in [0, 0.05) is 6.61 Å². The molecule has 1 fully saturated rings. The number of nitrogens with two attached hydrogens (primary N) is 1. The molecule has 2 unspecified atom stereocenters. The third kappa shape index (κ3) is 1.94. The molecule has 5 heteroatoms. The van der Waals surface area contributed by atoms with Gasteiger partial charge in [-0.05, 0) is 12.3 Å². The molecule has 0 radical (unpaired) electrons. The van der Waals surface area contributed by atoms with Crippen LogP contribution >= 0.6 is 0 Å². The Hall–Kier alpha value is -1.10. The van der Waals surface area contributed by atoms with E-state index in [1.54, 1.807) is 0 Å². The maximum absolute atomic E-state index is 11.1.